The van der Waals surface area contributed by atoms with Crippen molar-refractivity contribution in [3.05, 3.63) is 271 Å². The van der Waals surface area contributed by atoms with Gasteiger partial charge < -0.3 is 4.57 Å². The molecule has 346 valence electrons. The molecule has 11 aromatic carbocycles. The molecule has 1 heteroatoms. The van der Waals surface area contributed by atoms with Crippen molar-refractivity contribution in [3.63, 3.8) is 0 Å². The van der Waals surface area contributed by atoms with E-state index >= 15 is 0 Å². The number of benzene rings is 11. The van der Waals surface area contributed by atoms with Crippen molar-refractivity contribution in [1.82, 2.24) is 4.57 Å². The van der Waals surface area contributed by atoms with Gasteiger partial charge in [0.05, 0.1) is 11.4 Å². The third kappa shape index (κ3) is 6.69. The zero-order chi connectivity index (χ0) is 49.0. The van der Waals surface area contributed by atoms with E-state index in [1.54, 1.807) is 0 Å². The van der Waals surface area contributed by atoms with Crippen LogP contribution in [0.25, 0.3) is 117 Å². The van der Waals surface area contributed by atoms with E-state index < -0.39 is 0 Å². The highest BCUT2D eigenvalue weighted by molar-refractivity contribution is 6.22. The molecule has 1 heterocycles. The zero-order valence-corrected chi connectivity index (χ0v) is 41.6. The van der Waals surface area contributed by atoms with Crippen molar-refractivity contribution in [2.75, 3.05) is 0 Å². The van der Waals surface area contributed by atoms with Crippen LogP contribution in [0.15, 0.2) is 249 Å². The Hall–Kier alpha value is -8.78. The molecule has 0 amide bonds. The molecular formula is C72H53N. The Bertz CT molecular complexity index is 4090. The molecule has 1 nitrogen and oxygen atoms in total. The molecule has 2 aliphatic carbocycles. The molecule has 1 aromatic heterocycles. The van der Waals surface area contributed by atoms with Gasteiger partial charge in [0.1, 0.15) is 0 Å². The summed E-state index contributed by atoms with van der Waals surface area (Å²) in [5, 5.41) is 5.06. The first-order valence-electron chi connectivity index (χ1n) is 25.7. The topological polar surface area (TPSA) is 4.93 Å². The standard InChI is InChI=1S/C72H53N/c1-71(2)63-25-15-13-21-55(63)57-38-34-52(44-65(57)71)69-59-23-11-12-24-60(59)70(53-35-39-58-56-22-14-16-26-64(56)72(3,4)66(58)45-53)62-43-51(33-40-61(62)69)48-29-27-46(28-30-48)47-31-36-54(37-32-47)73-67(49-17-7-5-8-18-49)41-42-68(73)50-19-9-6-10-20-50/h5-45H,1-4H3. The molecule has 0 N–H and O–H groups in total. The monoisotopic (exact) mass is 931 g/mol. The summed E-state index contributed by atoms with van der Waals surface area (Å²) in [4.78, 5) is 0. The van der Waals surface area contributed by atoms with E-state index in [0.29, 0.717) is 0 Å². The maximum Gasteiger partial charge on any atom is 0.0535 e. The highest BCUT2D eigenvalue weighted by Gasteiger charge is 2.37. The molecular weight excluding hydrogens is 879 g/mol. The molecule has 0 unspecified atom stereocenters. The van der Waals surface area contributed by atoms with Crippen LogP contribution in [0, 0.1) is 0 Å². The number of aromatic nitrogens is 1. The van der Waals surface area contributed by atoms with Crippen molar-refractivity contribution < 1.29 is 0 Å². The molecule has 0 aliphatic heterocycles. The van der Waals surface area contributed by atoms with Crippen LogP contribution < -0.4 is 0 Å². The average Bonchev–Trinajstić information content (AvgIpc) is 4.06. The van der Waals surface area contributed by atoms with Gasteiger partial charge >= 0.3 is 0 Å². The maximum absolute atomic E-state index is 2.50. The Kier molecular flexibility index (Phi) is 9.66. The SMILES string of the molecule is CC1(C)c2ccccc2-c2ccc(-c3c4ccccc4c(-c4ccc5c(c4)C(C)(C)c4ccccc4-5)c4cc(-c5ccc(-c6ccc(-n7c(-c8ccccc8)ccc7-c7ccccc7)cc6)cc5)ccc34)cc21. The van der Waals surface area contributed by atoms with Gasteiger partial charge in [0.2, 0.25) is 0 Å². The fourth-order valence-electron chi connectivity index (χ4n) is 12.7. The fraction of sp³-hybridized carbons (Fsp3) is 0.0833. The lowest BCUT2D eigenvalue weighted by Gasteiger charge is -2.24. The van der Waals surface area contributed by atoms with E-state index in [-0.39, 0.29) is 10.8 Å². The summed E-state index contributed by atoms with van der Waals surface area (Å²) in [6.45, 7) is 9.54. The zero-order valence-electron chi connectivity index (χ0n) is 41.6. The van der Waals surface area contributed by atoms with Crippen molar-refractivity contribution >= 4 is 21.5 Å². The Labute approximate surface area is 428 Å². The third-order valence-corrected chi connectivity index (χ3v) is 16.5. The van der Waals surface area contributed by atoms with Gasteiger partial charge in [0.25, 0.3) is 0 Å². The summed E-state index contributed by atoms with van der Waals surface area (Å²) >= 11 is 0. The highest BCUT2D eigenvalue weighted by atomic mass is 15.0. The molecule has 0 saturated heterocycles. The first-order chi connectivity index (χ1) is 35.7. The third-order valence-electron chi connectivity index (χ3n) is 16.5. The molecule has 12 aromatic rings. The van der Waals surface area contributed by atoms with Crippen molar-refractivity contribution in [2.24, 2.45) is 0 Å². The molecule has 14 rings (SSSR count). The van der Waals surface area contributed by atoms with Crippen LogP contribution >= 0.6 is 0 Å². The summed E-state index contributed by atoms with van der Waals surface area (Å²) in [6, 6.07) is 92.8. The molecule has 0 fully saturated rings. The second-order valence-electron chi connectivity index (χ2n) is 21.2. The van der Waals surface area contributed by atoms with Crippen molar-refractivity contribution in [3.8, 4) is 95.0 Å². The first-order valence-corrected chi connectivity index (χ1v) is 25.7. The van der Waals surface area contributed by atoms with Gasteiger partial charge in [-0.05, 0) is 164 Å². The van der Waals surface area contributed by atoms with Gasteiger partial charge in [-0.3, -0.25) is 0 Å². The molecule has 2 aliphatic rings. The minimum Gasteiger partial charge on any atom is -0.309 e. The number of hydrogen-bond acceptors (Lipinski definition) is 0. The lowest BCUT2D eigenvalue weighted by Crippen LogP contribution is -2.15. The molecule has 0 atom stereocenters. The van der Waals surface area contributed by atoms with Crippen LogP contribution in [0.2, 0.25) is 0 Å². The lowest BCUT2D eigenvalue weighted by molar-refractivity contribution is 0.660. The molecule has 0 spiro atoms. The normalized spacial score (nSPS) is 13.7. The average molecular weight is 932 g/mol. The van der Waals surface area contributed by atoms with Crippen LogP contribution in [0.4, 0.5) is 0 Å². The summed E-state index contributed by atoms with van der Waals surface area (Å²) in [6.07, 6.45) is 0. The predicted octanol–water partition coefficient (Wildman–Crippen LogP) is 19.4. The molecule has 0 saturated carbocycles. The summed E-state index contributed by atoms with van der Waals surface area (Å²) in [7, 11) is 0. The first kappa shape index (κ1) is 43.0. The van der Waals surface area contributed by atoms with E-state index in [1.807, 2.05) is 0 Å². The Balaban J connectivity index is 0.898. The summed E-state index contributed by atoms with van der Waals surface area (Å²) in [5.41, 5.74) is 26.4. The van der Waals surface area contributed by atoms with Gasteiger partial charge in [0.15, 0.2) is 0 Å². The van der Waals surface area contributed by atoms with Crippen LogP contribution in [0.3, 0.4) is 0 Å². The summed E-state index contributed by atoms with van der Waals surface area (Å²) < 4.78 is 2.38. The van der Waals surface area contributed by atoms with Crippen LogP contribution in [0.5, 0.6) is 0 Å². The number of fused-ring (bicyclic) bond motifs is 8. The number of nitrogens with zero attached hydrogens (tertiary/aromatic N) is 1. The van der Waals surface area contributed by atoms with E-state index in [9.17, 15) is 0 Å². The fourth-order valence-corrected chi connectivity index (χ4v) is 12.7. The Morgan fingerprint density at radius 1 is 0.247 bits per heavy atom. The van der Waals surface area contributed by atoms with Crippen molar-refractivity contribution in [1.29, 1.82) is 0 Å². The Morgan fingerprint density at radius 3 is 1.12 bits per heavy atom. The van der Waals surface area contributed by atoms with E-state index in [0.717, 1.165) is 5.69 Å². The quantitative estimate of drug-likeness (QED) is 0.140. The van der Waals surface area contributed by atoms with Gasteiger partial charge in [0, 0.05) is 16.5 Å². The minimum absolute atomic E-state index is 0.107. The second kappa shape index (κ2) is 16.4. The molecule has 73 heavy (non-hydrogen) atoms. The largest absolute Gasteiger partial charge is 0.309 e. The minimum atomic E-state index is -0.117. The van der Waals surface area contributed by atoms with Crippen LogP contribution in [0.1, 0.15) is 49.9 Å². The van der Waals surface area contributed by atoms with Gasteiger partial charge in [-0.25, -0.2) is 0 Å². The van der Waals surface area contributed by atoms with Gasteiger partial charge in [-0.1, -0.05) is 234 Å². The van der Waals surface area contributed by atoms with E-state index in [1.165, 1.54) is 133 Å². The Morgan fingerprint density at radius 2 is 0.616 bits per heavy atom. The smallest absolute Gasteiger partial charge is 0.0535 e. The summed E-state index contributed by atoms with van der Waals surface area (Å²) in [5.74, 6) is 0. The lowest BCUT2D eigenvalue weighted by atomic mass is 9.79. The molecule has 0 radical (unpaired) electrons. The van der Waals surface area contributed by atoms with E-state index in [2.05, 4.69) is 281 Å². The number of hydrogen-bond donors (Lipinski definition) is 0. The van der Waals surface area contributed by atoms with Crippen LogP contribution in [-0.4, -0.2) is 4.57 Å². The van der Waals surface area contributed by atoms with E-state index in [4.69, 9.17) is 0 Å². The number of rotatable bonds is 7. The maximum atomic E-state index is 2.50. The second-order valence-corrected chi connectivity index (χ2v) is 21.2. The predicted molar refractivity (Wildman–Crippen MR) is 309 cm³/mol. The highest BCUT2D eigenvalue weighted by Crippen LogP contribution is 2.54. The van der Waals surface area contributed by atoms with Gasteiger partial charge in [-0.15, -0.1) is 0 Å². The van der Waals surface area contributed by atoms with Crippen LogP contribution in [-0.2, 0) is 10.8 Å². The molecule has 0 bridgehead atoms. The van der Waals surface area contributed by atoms with Crippen molar-refractivity contribution in [2.45, 2.75) is 38.5 Å². The van der Waals surface area contributed by atoms with Gasteiger partial charge in [-0.2, -0.15) is 0 Å².